The van der Waals surface area contributed by atoms with E-state index >= 15 is 0 Å². The van der Waals surface area contributed by atoms with Crippen LogP contribution in [-0.4, -0.2) is 63.8 Å². The fourth-order valence-electron chi connectivity index (χ4n) is 2.68. The number of carbonyl (C=O) groups excluding carboxylic acids is 1. The summed E-state index contributed by atoms with van der Waals surface area (Å²) in [5.74, 6) is -0.947. The van der Waals surface area contributed by atoms with E-state index in [4.69, 9.17) is 0 Å². The first-order valence-electron chi connectivity index (χ1n) is 7.99. The van der Waals surface area contributed by atoms with Crippen molar-refractivity contribution in [3.8, 4) is 0 Å². The molecular formula is C16H24FN3O3S. The van der Waals surface area contributed by atoms with Gasteiger partial charge in [0.25, 0.3) is 0 Å². The lowest BCUT2D eigenvalue weighted by Crippen LogP contribution is -2.46. The Hall–Kier alpha value is -1.51. The molecule has 1 aromatic rings. The van der Waals surface area contributed by atoms with Crippen molar-refractivity contribution in [1.29, 1.82) is 0 Å². The number of sulfonamides is 1. The average molecular weight is 357 g/mol. The highest BCUT2D eigenvalue weighted by atomic mass is 32.2. The molecule has 8 heteroatoms. The molecule has 1 amide bonds. The number of benzene rings is 1. The fraction of sp³-hybridized carbons (Fsp3) is 0.562. The van der Waals surface area contributed by atoms with E-state index in [0.29, 0.717) is 25.9 Å². The van der Waals surface area contributed by atoms with Crippen LogP contribution in [0.4, 0.5) is 4.39 Å². The SMILES string of the molecule is CN(C)CCNC(=O)C1CCCN(S(=O)(=O)c2ccc(F)cc2)C1. The normalized spacial score (nSPS) is 19.4. The minimum atomic E-state index is -3.70. The molecule has 1 aromatic carbocycles. The van der Waals surface area contributed by atoms with Crippen LogP contribution < -0.4 is 5.32 Å². The molecule has 0 aliphatic carbocycles. The van der Waals surface area contributed by atoms with Crippen molar-refractivity contribution < 1.29 is 17.6 Å². The molecule has 1 heterocycles. The lowest BCUT2D eigenvalue weighted by Gasteiger charge is -2.31. The molecule has 1 saturated heterocycles. The second-order valence-corrected chi connectivity index (χ2v) is 8.19. The maximum absolute atomic E-state index is 13.0. The molecule has 0 aromatic heterocycles. The number of nitrogens with one attached hydrogen (secondary N) is 1. The first kappa shape index (κ1) is 18.8. The second-order valence-electron chi connectivity index (χ2n) is 6.25. The number of hydrogen-bond acceptors (Lipinski definition) is 4. The molecule has 24 heavy (non-hydrogen) atoms. The number of amides is 1. The fourth-order valence-corrected chi connectivity index (χ4v) is 4.20. The van der Waals surface area contributed by atoms with Gasteiger partial charge in [-0.1, -0.05) is 0 Å². The van der Waals surface area contributed by atoms with Crippen LogP contribution in [0.5, 0.6) is 0 Å². The zero-order valence-electron chi connectivity index (χ0n) is 14.0. The van der Waals surface area contributed by atoms with Crippen molar-refractivity contribution in [3.05, 3.63) is 30.1 Å². The van der Waals surface area contributed by atoms with Crippen molar-refractivity contribution in [1.82, 2.24) is 14.5 Å². The molecule has 0 bridgehead atoms. The van der Waals surface area contributed by atoms with Crippen molar-refractivity contribution in [2.24, 2.45) is 5.92 Å². The zero-order chi connectivity index (χ0) is 17.7. The molecule has 6 nitrogen and oxygen atoms in total. The van der Waals surface area contributed by atoms with Crippen molar-refractivity contribution >= 4 is 15.9 Å². The smallest absolute Gasteiger partial charge is 0.243 e. The minimum absolute atomic E-state index is 0.0533. The average Bonchev–Trinajstić information content (AvgIpc) is 2.55. The molecule has 0 saturated carbocycles. The molecule has 1 N–H and O–H groups in total. The molecule has 0 radical (unpaired) electrons. The number of likely N-dealkylation sites (N-methyl/N-ethyl adjacent to an activating group) is 1. The Balaban J connectivity index is 2.01. The third kappa shape index (κ3) is 4.75. The predicted octanol–water partition coefficient (Wildman–Crippen LogP) is 0.904. The van der Waals surface area contributed by atoms with Gasteiger partial charge in [-0.15, -0.1) is 0 Å². The highest BCUT2D eigenvalue weighted by molar-refractivity contribution is 7.89. The van der Waals surface area contributed by atoms with Crippen LogP contribution >= 0.6 is 0 Å². The Morgan fingerprint density at radius 3 is 2.62 bits per heavy atom. The molecule has 1 aliphatic heterocycles. The summed E-state index contributed by atoms with van der Waals surface area (Å²) in [6.45, 7) is 1.80. The summed E-state index contributed by atoms with van der Waals surface area (Å²) in [6, 6.07) is 4.77. The van der Waals surface area contributed by atoms with Gasteiger partial charge in [-0.25, -0.2) is 12.8 Å². The lowest BCUT2D eigenvalue weighted by atomic mass is 9.99. The summed E-state index contributed by atoms with van der Waals surface area (Å²) < 4.78 is 39.6. The Kier molecular flexibility index (Phi) is 6.31. The van der Waals surface area contributed by atoms with Gasteiger partial charge in [0.1, 0.15) is 5.82 Å². The Labute approximate surface area is 142 Å². The first-order valence-corrected chi connectivity index (χ1v) is 9.43. The van der Waals surface area contributed by atoms with Gasteiger partial charge < -0.3 is 10.2 Å². The van der Waals surface area contributed by atoms with E-state index in [9.17, 15) is 17.6 Å². The zero-order valence-corrected chi connectivity index (χ0v) is 14.9. The van der Waals surface area contributed by atoms with Crippen LogP contribution in [0.25, 0.3) is 0 Å². The van der Waals surface area contributed by atoms with E-state index in [1.165, 1.54) is 16.4 Å². The predicted molar refractivity (Wildman–Crippen MR) is 89.4 cm³/mol. The summed E-state index contributed by atoms with van der Waals surface area (Å²) in [4.78, 5) is 14.3. The Morgan fingerprint density at radius 1 is 1.33 bits per heavy atom. The van der Waals surface area contributed by atoms with Crippen molar-refractivity contribution in [2.45, 2.75) is 17.7 Å². The van der Waals surface area contributed by atoms with Gasteiger partial charge in [-0.3, -0.25) is 4.79 Å². The topological polar surface area (TPSA) is 69.7 Å². The number of piperidine rings is 1. The van der Waals surface area contributed by atoms with E-state index in [0.717, 1.165) is 18.7 Å². The highest BCUT2D eigenvalue weighted by Crippen LogP contribution is 2.24. The van der Waals surface area contributed by atoms with E-state index in [-0.39, 0.29) is 23.3 Å². The lowest BCUT2D eigenvalue weighted by molar-refractivity contribution is -0.126. The van der Waals surface area contributed by atoms with Gasteiger partial charge in [0.05, 0.1) is 10.8 Å². The number of rotatable bonds is 6. The van der Waals surface area contributed by atoms with Gasteiger partial charge in [-0.2, -0.15) is 4.31 Å². The maximum atomic E-state index is 13.0. The number of halogens is 1. The Bertz CT molecular complexity index is 662. The largest absolute Gasteiger partial charge is 0.355 e. The molecule has 1 unspecified atom stereocenters. The van der Waals surface area contributed by atoms with Gasteiger partial charge in [0.15, 0.2) is 0 Å². The number of hydrogen-bond donors (Lipinski definition) is 1. The summed E-state index contributed by atoms with van der Waals surface area (Å²) in [6.07, 6.45) is 1.30. The quantitative estimate of drug-likeness (QED) is 0.821. The highest BCUT2D eigenvalue weighted by Gasteiger charge is 2.33. The van der Waals surface area contributed by atoms with E-state index < -0.39 is 15.8 Å². The molecule has 1 aliphatic rings. The van der Waals surface area contributed by atoms with Crippen LogP contribution in [0.1, 0.15) is 12.8 Å². The van der Waals surface area contributed by atoms with Gasteiger partial charge in [0.2, 0.25) is 15.9 Å². The van der Waals surface area contributed by atoms with Gasteiger partial charge in [-0.05, 0) is 51.2 Å². The maximum Gasteiger partial charge on any atom is 0.243 e. The van der Waals surface area contributed by atoms with Crippen LogP contribution in [0.15, 0.2) is 29.2 Å². The summed E-state index contributed by atoms with van der Waals surface area (Å²) >= 11 is 0. The van der Waals surface area contributed by atoms with Crippen LogP contribution in [0, 0.1) is 11.7 Å². The summed E-state index contributed by atoms with van der Waals surface area (Å²) in [5.41, 5.74) is 0. The molecular weight excluding hydrogens is 333 g/mol. The van der Waals surface area contributed by atoms with Gasteiger partial charge in [0, 0.05) is 26.2 Å². The van der Waals surface area contributed by atoms with Crippen LogP contribution in [0.3, 0.4) is 0 Å². The second kappa shape index (κ2) is 8.04. The third-order valence-electron chi connectivity index (χ3n) is 4.06. The standard InChI is InChI=1S/C16H24FN3O3S/c1-19(2)11-9-18-16(21)13-4-3-10-20(12-13)24(22,23)15-7-5-14(17)6-8-15/h5-8,13H,3-4,9-12H2,1-2H3,(H,18,21). The first-order chi connectivity index (χ1) is 11.3. The monoisotopic (exact) mass is 357 g/mol. The molecule has 1 atom stereocenters. The summed E-state index contributed by atoms with van der Waals surface area (Å²) in [7, 11) is 0.140. The number of nitrogens with zero attached hydrogens (tertiary/aromatic N) is 2. The van der Waals surface area contributed by atoms with Crippen molar-refractivity contribution in [3.63, 3.8) is 0 Å². The van der Waals surface area contributed by atoms with Crippen LogP contribution in [0.2, 0.25) is 0 Å². The minimum Gasteiger partial charge on any atom is -0.355 e. The summed E-state index contributed by atoms with van der Waals surface area (Å²) in [5, 5.41) is 2.85. The Morgan fingerprint density at radius 2 is 2.00 bits per heavy atom. The third-order valence-corrected chi connectivity index (χ3v) is 5.94. The molecule has 0 spiro atoms. The molecule has 1 fully saturated rings. The van der Waals surface area contributed by atoms with E-state index in [1.807, 2.05) is 19.0 Å². The number of carbonyl (C=O) groups is 1. The van der Waals surface area contributed by atoms with Crippen LogP contribution in [-0.2, 0) is 14.8 Å². The molecule has 134 valence electrons. The molecule has 2 rings (SSSR count). The van der Waals surface area contributed by atoms with E-state index in [1.54, 1.807) is 0 Å². The van der Waals surface area contributed by atoms with Gasteiger partial charge >= 0.3 is 0 Å². The van der Waals surface area contributed by atoms with Crippen molar-refractivity contribution in [2.75, 3.05) is 40.3 Å². The van der Waals surface area contributed by atoms with E-state index in [2.05, 4.69) is 5.32 Å².